The summed E-state index contributed by atoms with van der Waals surface area (Å²) in [6.07, 6.45) is -4.20. The summed E-state index contributed by atoms with van der Waals surface area (Å²) in [7, 11) is 0. The third kappa shape index (κ3) is 4.07. The van der Waals surface area contributed by atoms with Crippen LogP contribution in [-0.2, 0) is 9.53 Å². The van der Waals surface area contributed by atoms with Crippen LogP contribution in [0.3, 0.4) is 0 Å². The highest BCUT2D eigenvalue weighted by Gasteiger charge is 2.40. The summed E-state index contributed by atoms with van der Waals surface area (Å²) in [5.41, 5.74) is -2.99. The van der Waals surface area contributed by atoms with Crippen LogP contribution in [0, 0.1) is 0 Å². The Morgan fingerprint density at radius 2 is 1.74 bits per heavy atom. The molecule has 0 bridgehead atoms. The van der Waals surface area contributed by atoms with Crippen molar-refractivity contribution >= 4 is 12.3 Å². The van der Waals surface area contributed by atoms with Gasteiger partial charge in [0, 0.05) is 0 Å². The summed E-state index contributed by atoms with van der Waals surface area (Å²) in [5.74, 6) is -3.54. The molecule has 23 heavy (non-hydrogen) atoms. The monoisotopic (exact) mass is 332 g/mol. The van der Waals surface area contributed by atoms with E-state index in [2.05, 4.69) is 4.74 Å². The molecule has 10 heteroatoms. The van der Waals surface area contributed by atoms with Crippen LogP contribution < -0.4 is 0 Å². The third-order valence-electron chi connectivity index (χ3n) is 3.02. The number of aliphatic hydroxyl groups is 4. The first-order valence-electron chi connectivity index (χ1n) is 6.24. The van der Waals surface area contributed by atoms with E-state index in [4.69, 9.17) is 10.2 Å². The quantitative estimate of drug-likeness (QED) is 0.161. The van der Waals surface area contributed by atoms with Gasteiger partial charge in [-0.05, 0) is 12.1 Å². The highest BCUT2D eigenvalue weighted by Crippen LogP contribution is 2.35. The van der Waals surface area contributed by atoms with Crippen LogP contribution >= 0.6 is 0 Å². The Labute approximate surface area is 129 Å². The molecule has 0 fully saturated rings. The fourth-order valence-corrected chi connectivity index (χ4v) is 1.59. The van der Waals surface area contributed by atoms with E-state index >= 15 is 0 Å². The van der Waals surface area contributed by atoms with Gasteiger partial charge in [-0.2, -0.15) is 0 Å². The normalized spacial score (nSPS) is 16.2. The van der Waals surface area contributed by atoms with E-state index in [1.54, 1.807) is 0 Å². The molecule has 0 unspecified atom stereocenters. The van der Waals surface area contributed by atoms with E-state index < -0.39 is 54.2 Å². The average molecular weight is 332 g/mol. The van der Waals surface area contributed by atoms with E-state index in [9.17, 15) is 35.1 Å². The minimum Gasteiger partial charge on any atom is -0.504 e. The zero-order valence-electron chi connectivity index (χ0n) is 11.7. The number of aromatic hydroxyl groups is 3. The Hall–Kier alpha value is -2.40. The summed E-state index contributed by atoms with van der Waals surface area (Å²) in [4.78, 5) is 22.3. The predicted molar refractivity (Wildman–Crippen MR) is 71.8 cm³/mol. The van der Waals surface area contributed by atoms with Crippen LogP contribution in [0.2, 0.25) is 0 Å². The number of phenols is 3. The number of hydrogen-bond acceptors (Lipinski definition) is 10. The largest absolute Gasteiger partial charge is 0.504 e. The molecule has 0 saturated heterocycles. The predicted octanol–water partition coefficient (Wildman–Crippen LogP) is -2.40. The molecule has 1 rings (SSSR count). The highest BCUT2D eigenvalue weighted by molar-refractivity contribution is 5.91. The Bertz CT molecular complexity index is 563. The zero-order chi connectivity index (χ0) is 17.8. The van der Waals surface area contributed by atoms with Crippen LogP contribution in [0.25, 0.3) is 0 Å². The van der Waals surface area contributed by atoms with Gasteiger partial charge in [0.15, 0.2) is 29.1 Å². The van der Waals surface area contributed by atoms with Gasteiger partial charge >= 0.3 is 5.97 Å². The molecule has 0 heterocycles. The lowest BCUT2D eigenvalue weighted by Gasteiger charge is -2.28. The summed E-state index contributed by atoms with van der Waals surface area (Å²) < 4.78 is 4.58. The number of ether oxygens (including phenoxy) is 1. The van der Waals surface area contributed by atoms with Crippen molar-refractivity contribution in [3.8, 4) is 17.2 Å². The molecule has 10 nitrogen and oxygen atoms in total. The van der Waals surface area contributed by atoms with Crippen molar-refractivity contribution in [3.63, 3.8) is 0 Å². The van der Waals surface area contributed by atoms with Crippen molar-refractivity contribution in [1.29, 1.82) is 0 Å². The molecular formula is C13H16O10. The number of aliphatic hydroxyl groups excluding tert-OH is 3. The van der Waals surface area contributed by atoms with Crippen LogP contribution in [0.15, 0.2) is 12.1 Å². The smallest absolute Gasteiger partial charge is 0.338 e. The minimum absolute atomic E-state index is 0.168. The Balaban J connectivity index is 2.74. The maximum absolute atomic E-state index is 11.7. The second kappa shape index (κ2) is 7.24. The van der Waals surface area contributed by atoms with Gasteiger partial charge in [-0.25, -0.2) is 4.79 Å². The molecule has 0 radical (unpaired) electrons. The SMILES string of the molecule is O=C[C@@](O)(CO)[C@H](O)[C@H](O)COC(=O)c1cc(O)c(O)c(O)c1. The standard InChI is InChI=1S/C13H16O10/c14-4-13(22,5-15)11(20)9(18)3-23-12(21)6-1-7(16)10(19)8(17)2-6/h1-2,4,9,11,15-20,22H,3,5H2/t9-,11-,13-/m1/s1. The number of benzene rings is 1. The van der Waals surface area contributed by atoms with Gasteiger partial charge in [-0.3, -0.25) is 4.79 Å². The Morgan fingerprint density at radius 3 is 2.17 bits per heavy atom. The minimum atomic E-state index is -2.62. The van der Waals surface area contributed by atoms with Gasteiger partial charge in [-0.1, -0.05) is 0 Å². The summed E-state index contributed by atoms with van der Waals surface area (Å²) in [6, 6.07) is 1.57. The lowest BCUT2D eigenvalue weighted by Crippen LogP contribution is -2.54. The molecule has 0 saturated carbocycles. The second-order valence-electron chi connectivity index (χ2n) is 4.74. The van der Waals surface area contributed by atoms with Crippen molar-refractivity contribution in [3.05, 3.63) is 17.7 Å². The molecule has 0 aliphatic rings. The fourth-order valence-electron chi connectivity index (χ4n) is 1.59. The van der Waals surface area contributed by atoms with E-state index in [0.717, 1.165) is 12.1 Å². The summed E-state index contributed by atoms with van der Waals surface area (Å²) >= 11 is 0. The Morgan fingerprint density at radius 1 is 1.22 bits per heavy atom. The molecular weight excluding hydrogens is 316 g/mol. The molecule has 0 aromatic heterocycles. The molecule has 0 spiro atoms. The summed E-state index contributed by atoms with van der Waals surface area (Å²) in [6.45, 7) is -2.03. The molecule has 7 N–H and O–H groups in total. The number of carbonyl (C=O) groups is 2. The van der Waals surface area contributed by atoms with Gasteiger partial charge in [0.25, 0.3) is 0 Å². The van der Waals surface area contributed by atoms with Crippen LogP contribution in [0.5, 0.6) is 17.2 Å². The van der Waals surface area contributed by atoms with Crippen molar-refractivity contribution in [2.45, 2.75) is 17.8 Å². The van der Waals surface area contributed by atoms with E-state index in [-0.39, 0.29) is 11.8 Å². The molecule has 0 amide bonds. The number of hydrogen-bond donors (Lipinski definition) is 7. The van der Waals surface area contributed by atoms with Gasteiger partial charge < -0.3 is 40.5 Å². The lowest BCUT2D eigenvalue weighted by molar-refractivity contribution is -0.162. The van der Waals surface area contributed by atoms with Crippen molar-refractivity contribution in [2.75, 3.05) is 13.2 Å². The number of aldehydes is 1. The van der Waals surface area contributed by atoms with Crippen LogP contribution in [-0.4, -0.2) is 79.0 Å². The maximum Gasteiger partial charge on any atom is 0.338 e. The van der Waals surface area contributed by atoms with Crippen LogP contribution in [0.4, 0.5) is 0 Å². The van der Waals surface area contributed by atoms with Crippen molar-refractivity contribution < 1.29 is 50.1 Å². The maximum atomic E-state index is 11.7. The van der Waals surface area contributed by atoms with Crippen molar-refractivity contribution in [2.24, 2.45) is 0 Å². The number of esters is 1. The first-order chi connectivity index (χ1) is 10.7. The molecule has 1 aromatic carbocycles. The van der Waals surface area contributed by atoms with Gasteiger partial charge in [0.05, 0.1) is 12.2 Å². The van der Waals surface area contributed by atoms with Crippen molar-refractivity contribution in [1.82, 2.24) is 0 Å². The first kappa shape index (κ1) is 18.6. The van der Waals surface area contributed by atoms with Gasteiger partial charge in [0.1, 0.15) is 18.8 Å². The number of phenolic OH excluding ortho intramolecular Hbond substituents is 3. The second-order valence-corrected chi connectivity index (χ2v) is 4.74. The zero-order valence-corrected chi connectivity index (χ0v) is 11.7. The van der Waals surface area contributed by atoms with Gasteiger partial charge in [0.2, 0.25) is 0 Å². The molecule has 128 valence electrons. The Kier molecular flexibility index (Phi) is 5.87. The average Bonchev–Trinajstić information content (AvgIpc) is 2.55. The highest BCUT2D eigenvalue weighted by atomic mass is 16.5. The van der Waals surface area contributed by atoms with Crippen LogP contribution in [0.1, 0.15) is 10.4 Å². The van der Waals surface area contributed by atoms with E-state index in [1.165, 1.54) is 0 Å². The molecule has 1 aromatic rings. The topological polar surface area (TPSA) is 185 Å². The van der Waals surface area contributed by atoms with E-state index in [0.29, 0.717) is 0 Å². The number of rotatable bonds is 7. The number of carbonyl (C=O) groups excluding carboxylic acids is 2. The molecule has 0 aliphatic carbocycles. The lowest BCUT2D eigenvalue weighted by atomic mass is 9.95. The van der Waals surface area contributed by atoms with Gasteiger partial charge in [-0.15, -0.1) is 0 Å². The molecule has 0 aliphatic heterocycles. The van der Waals surface area contributed by atoms with E-state index in [1.807, 2.05) is 0 Å². The first-order valence-corrected chi connectivity index (χ1v) is 6.24. The molecule has 3 atom stereocenters. The third-order valence-corrected chi connectivity index (χ3v) is 3.02. The fraction of sp³-hybridized carbons (Fsp3) is 0.385. The summed E-state index contributed by atoms with van der Waals surface area (Å²) in [5, 5.41) is 65.1.